The number of aliphatic hydroxyl groups is 1. The molecular weight excluding hydrogens is 407 g/mol. The van der Waals surface area contributed by atoms with Crippen molar-refractivity contribution in [1.29, 1.82) is 5.26 Å². The molecule has 3 heterocycles. The van der Waals surface area contributed by atoms with E-state index in [1.165, 1.54) is 0 Å². The molecule has 1 aliphatic heterocycles. The van der Waals surface area contributed by atoms with E-state index < -0.39 is 5.60 Å². The van der Waals surface area contributed by atoms with E-state index in [0.717, 1.165) is 27.7 Å². The Morgan fingerprint density at radius 1 is 1.07 bits per heavy atom. The van der Waals surface area contributed by atoms with E-state index in [1.54, 1.807) is 6.20 Å². The van der Waals surface area contributed by atoms with Gasteiger partial charge in [0.15, 0.2) is 0 Å². The first kappa shape index (κ1) is 22.9. The largest absolute Gasteiger partial charge is 0.383 e. The van der Waals surface area contributed by atoms with Crippen LogP contribution in [0.2, 0.25) is 0 Å². The number of fused-ring (bicyclic) bond motifs is 1. The second kappa shape index (κ2) is 8.96. The number of anilines is 1. The average Bonchev–Trinajstić information content (AvgIpc) is 2.69. The molecule has 1 N–H and O–H groups in total. The highest BCUT2D eigenvalue weighted by atomic mass is 35.5. The maximum Gasteiger partial charge on any atom is 0.147 e. The minimum Gasteiger partial charge on any atom is -0.383 e. The monoisotopic (exact) mass is 430 g/mol. The molecule has 1 saturated heterocycles. The van der Waals surface area contributed by atoms with Gasteiger partial charge in [0.25, 0.3) is 0 Å². The van der Waals surface area contributed by atoms with Crippen molar-refractivity contribution in [2.75, 3.05) is 18.0 Å². The van der Waals surface area contributed by atoms with Crippen LogP contribution in [0.15, 0.2) is 42.6 Å². The first-order chi connectivity index (χ1) is 13.0. The molecule has 5 nitrogen and oxygen atoms in total. The summed E-state index contributed by atoms with van der Waals surface area (Å²) in [7, 11) is 0. The molecule has 3 aromatic rings. The van der Waals surface area contributed by atoms with Crippen molar-refractivity contribution < 1.29 is 5.11 Å². The van der Waals surface area contributed by atoms with Crippen molar-refractivity contribution in [1.82, 2.24) is 9.97 Å². The smallest absolute Gasteiger partial charge is 0.147 e. The Hall–Kier alpha value is -2.39. The third kappa shape index (κ3) is 4.16. The van der Waals surface area contributed by atoms with Crippen LogP contribution < -0.4 is 4.90 Å². The van der Waals surface area contributed by atoms with Gasteiger partial charge >= 0.3 is 0 Å². The predicted octanol–water partition coefficient (Wildman–Crippen LogP) is 4.45. The van der Waals surface area contributed by atoms with E-state index in [2.05, 4.69) is 16.0 Å². The molecule has 0 bridgehead atoms. The molecule has 4 rings (SSSR count). The standard InChI is InChI=1S/C22H22N4O.2ClH/c1-15-7-8-20(24-14-15)22(27)9-11-26(12-10-22)21-18(13-23)16(2)17-5-3-4-6-19(17)25-21;;/h3-8,14,27H,9-12H2,1-2H3;2*1H. The fourth-order valence-corrected chi connectivity index (χ4v) is 3.81. The molecule has 0 spiro atoms. The lowest BCUT2D eigenvalue weighted by Gasteiger charge is -2.38. The maximum absolute atomic E-state index is 11.1. The van der Waals surface area contributed by atoms with Crippen molar-refractivity contribution in [3.05, 3.63) is 65.0 Å². The van der Waals surface area contributed by atoms with Gasteiger partial charge in [-0.1, -0.05) is 24.3 Å². The van der Waals surface area contributed by atoms with E-state index in [-0.39, 0.29) is 24.8 Å². The van der Waals surface area contributed by atoms with Crippen LogP contribution in [0.5, 0.6) is 0 Å². The van der Waals surface area contributed by atoms with Gasteiger partial charge in [-0.2, -0.15) is 5.26 Å². The van der Waals surface area contributed by atoms with Crippen molar-refractivity contribution in [3.8, 4) is 6.07 Å². The van der Waals surface area contributed by atoms with Crippen molar-refractivity contribution in [2.45, 2.75) is 32.3 Å². The number of nitrogens with zero attached hydrogens (tertiary/aromatic N) is 4. The van der Waals surface area contributed by atoms with Crippen LogP contribution in [0.4, 0.5) is 5.82 Å². The van der Waals surface area contributed by atoms with E-state index in [9.17, 15) is 10.4 Å². The number of hydrogen-bond donors (Lipinski definition) is 1. The van der Waals surface area contributed by atoms with Crippen molar-refractivity contribution in [2.24, 2.45) is 0 Å². The Balaban J connectivity index is 0.00000150. The van der Waals surface area contributed by atoms with Crippen LogP contribution in [0, 0.1) is 25.2 Å². The van der Waals surface area contributed by atoms with Crippen LogP contribution in [-0.4, -0.2) is 28.2 Å². The second-order valence-electron chi connectivity index (χ2n) is 7.30. The van der Waals surface area contributed by atoms with Gasteiger partial charge in [-0.25, -0.2) is 4.98 Å². The fourth-order valence-electron chi connectivity index (χ4n) is 3.81. The zero-order chi connectivity index (χ0) is 19.0. The molecule has 0 aliphatic carbocycles. The molecule has 0 unspecified atom stereocenters. The SMILES string of the molecule is Cc1ccc(C2(O)CCN(c3nc4ccccc4c(C)c3C#N)CC2)nc1.Cl.Cl. The number of pyridine rings is 2. The van der Waals surface area contributed by atoms with Crippen LogP contribution in [0.25, 0.3) is 10.9 Å². The van der Waals surface area contributed by atoms with Gasteiger partial charge in [0.2, 0.25) is 0 Å². The van der Waals surface area contributed by atoms with Gasteiger partial charge in [0.05, 0.1) is 16.8 Å². The first-order valence-corrected chi connectivity index (χ1v) is 9.22. The molecule has 1 fully saturated rings. The summed E-state index contributed by atoms with van der Waals surface area (Å²) >= 11 is 0. The van der Waals surface area contributed by atoms with Gasteiger partial charge in [-0.3, -0.25) is 4.98 Å². The highest BCUT2D eigenvalue weighted by Crippen LogP contribution is 2.35. The number of aromatic nitrogens is 2. The Labute approximate surface area is 183 Å². The second-order valence-corrected chi connectivity index (χ2v) is 7.30. The number of aryl methyl sites for hydroxylation is 2. The summed E-state index contributed by atoms with van der Waals surface area (Å²) in [6.07, 6.45) is 2.91. The molecule has 0 atom stereocenters. The third-order valence-electron chi connectivity index (χ3n) is 5.52. The number of benzene rings is 1. The number of rotatable bonds is 2. The Kier molecular flexibility index (Phi) is 7.07. The van der Waals surface area contributed by atoms with Gasteiger partial charge in [-0.15, -0.1) is 24.8 Å². The van der Waals surface area contributed by atoms with E-state index in [4.69, 9.17) is 4.98 Å². The van der Waals surface area contributed by atoms with Gasteiger partial charge in [0.1, 0.15) is 17.5 Å². The van der Waals surface area contributed by atoms with Gasteiger partial charge < -0.3 is 10.0 Å². The number of para-hydroxylation sites is 1. The minimum absolute atomic E-state index is 0. The molecular formula is C22H24Cl2N4O. The van der Waals surface area contributed by atoms with Crippen LogP contribution in [-0.2, 0) is 5.60 Å². The van der Waals surface area contributed by atoms with Crippen LogP contribution >= 0.6 is 24.8 Å². The van der Waals surface area contributed by atoms with Crippen molar-refractivity contribution in [3.63, 3.8) is 0 Å². The summed E-state index contributed by atoms with van der Waals surface area (Å²) in [4.78, 5) is 11.3. The van der Waals surface area contributed by atoms with Crippen LogP contribution in [0.1, 0.15) is 35.2 Å². The molecule has 7 heteroatoms. The Morgan fingerprint density at radius 3 is 2.38 bits per heavy atom. The van der Waals surface area contributed by atoms with Gasteiger partial charge in [-0.05, 0) is 49.9 Å². The zero-order valence-electron chi connectivity index (χ0n) is 16.4. The summed E-state index contributed by atoms with van der Waals surface area (Å²) in [5, 5.41) is 21.8. The first-order valence-electron chi connectivity index (χ1n) is 9.22. The lowest BCUT2D eigenvalue weighted by atomic mass is 9.87. The van der Waals surface area contributed by atoms with E-state index in [0.29, 0.717) is 37.3 Å². The van der Waals surface area contributed by atoms with Crippen molar-refractivity contribution >= 4 is 41.5 Å². The fraction of sp³-hybridized carbons (Fsp3) is 0.318. The Bertz CT molecular complexity index is 1040. The Morgan fingerprint density at radius 2 is 1.76 bits per heavy atom. The van der Waals surface area contributed by atoms with E-state index in [1.807, 2.05) is 50.2 Å². The van der Waals surface area contributed by atoms with Crippen LogP contribution in [0.3, 0.4) is 0 Å². The minimum atomic E-state index is -0.928. The highest BCUT2D eigenvalue weighted by Gasteiger charge is 2.36. The summed E-state index contributed by atoms with van der Waals surface area (Å²) in [5.74, 6) is 0.715. The molecule has 152 valence electrons. The maximum atomic E-state index is 11.1. The highest BCUT2D eigenvalue weighted by molar-refractivity contribution is 5.87. The summed E-state index contributed by atoms with van der Waals surface area (Å²) < 4.78 is 0. The molecule has 0 radical (unpaired) electrons. The number of nitriles is 1. The number of hydrogen-bond acceptors (Lipinski definition) is 5. The lowest BCUT2D eigenvalue weighted by molar-refractivity contribution is 0.00748. The molecule has 1 aliphatic rings. The molecule has 2 aromatic heterocycles. The average molecular weight is 431 g/mol. The molecule has 0 amide bonds. The summed E-state index contributed by atoms with van der Waals surface area (Å²) in [6, 6.07) is 14.1. The third-order valence-corrected chi connectivity index (χ3v) is 5.52. The molecule has 29 heavy (non-hydrogen) atoms. The summed E-state index contributed by atoms with van der Waals surface area (Å²) in [5.41, 5.74) is 3.34. The summed E-state index contributed by atoms with van der Waals surface area (Å²) in [6.45, 7) is 5.22. The predicted molar refractivity (Wildman–Crippen MR) is 120 cm³/mol. The number of halogens is 2. The zero-order valence-corrected chi connectivity index (χ0v) is 18.1. The quantitative estimate of drug-likeness (QED) is 0.649. The topological polar surface area (TPSA) is 73.0 Å². The molecule has 0 saturated carbocycles. The van der Waals surface area contributed by atoms with E-state index >= 15 is 0 Å². The van der Waals surface area contributed by atoms with Gasteiger partial charge in [0, 0.05) is 24.7 Å². The lowest BCUT2D eigenvalue weighted by Crippen LogP contribution is -2.43. The number of piperidine rings is 1. The molecule has 1 aromatic carbocycles. The normalized spacial score (nSPS) is 15.2.